The summed E-state index contributed by atoms with van der Waals surface area (Å²) >= 11 is 6.70. The van der Waals surface area contributed by atoms with E-state index in [4.69, 9.17) is 11.6 Å². The monoisotopic (exact) mass is 292 g/mol. The van der Waals surface area contributed by atoms with Gasteiger partial charge in [0.2, 0.25) is 0 Å². The molecule has 1 atom stereocenters. The molecule has 0 aliphatic carbocycles. The van der Waals surface area contributed by atoms with Crippen LogP contribution in [0.4, 0.5) is 0 Å². The van der Waals surface area contributed by atoms with Crippen molar-refractivity contribution in [3.63, 3.8) is 0 Å². The number of nitrogens with zero attached hydrogens (tertiary/aromatic N) is 2. The molecule has 0 saturated carbocycles. The minimum absolute atomic E-state index is 0.175. The quantitative estimate of drug-likeness (QED) is 0.895. The highest BCUT2D eigenvalue weighted by atomic mass is 35.5. The number of sulfonamides is 1. The zero-order valence-corrected chi connectivity index (χ0v) is 11.1. The smallest absolute Gasteiger partial charge is 0.250 e. The number of hydrogen-bond acceptors (Lipinski definition) is 5. The van der Waals surface area contributed by atoms with E-state index in [1.807, 2.05) is 0 Å². The van der Waals surface area contributed by atoms with Gasteiger partial charge in [-0.15, -0.1) is 11.3 Å². The summed E-state index contributed by atoms with van der Waals surface area (Å²) in [6, 6.07) is 2.52. The van der Waals surface area contributed by atoms with Gasteiger partial charge in [-0.25, -0.2) is 18.1 Å². The van der Waals surface area contributed by atoms with Crippen molar-refractivity contribution in [3.05, 3.63) is 28.6 Å². The Balaban J connectivity index is 2.18. The summed E-state index contributed by atoms with van der Waals surface area (Å²) in [6.45, 7) is 1.67. The first kappa shape index (κ1) is 12.5. The van der Waals surface area contributed by atoms with Crippen LogP contribution in [0.1, 0.15) is 18.8 Å². The summed E-state index contributed by atoms with van der Waals surface area (Å²) in [6.07, 6.45) is 1.32. The Labute approximate surface area is 107 Å². The zero-order valence-electron chi connectivity index (χ0n) is 8.71. The third kappa shape index (κ3) is 2.83. The van der Waals surface area contributed by atoms with Crippen molar-refractivity contribution >= 4 is 33.0 Å². The Morgan fingerprint density at radius 1 is 1.53 bits per heavy atom. The van der Waals surface area contributed by atoms with E-state index >= 15 is 0 Å². The van der Waals surface area contributed by atoms with Crippen LogP contribution >= 0.6 is 22.9 Å². The van der Waals surface area contributed by atoms with Crippen LogP contribution in [0, 0.1) is 0 Å². The second kappa shape index (κ2) is 4.73. The fourth-order valence-corrected chi connectivity index (χ4v) is 3.92. The van der Waals surface area contributed by atoms with Crippen LogP contribution in [0.5, 0.6) is 0 Å². The van der Waals surface area contributed by atoms with E-state index in [1.54, 1.807) is 13.0 Å². The van der Waals surface area contributed by atoms with Crippen molar-refractivity contribution in [3.8, 4) is 0 Å². The fourth-order valence-electron chi connectivity index (χ4n) is 1.21. The van der Waals surface area contributed by atoms with Crippen molar-refractivity contribution in [2.75, 3.05) is 0 Å². The van der Waals surface area contributed by atoms with Crippen molar-refractivity contribution in [2.45, 2.75) is 17.2 Å². The third-order valence-electron chi connectivity index (χ3n) is 1.99. The number of rotatable bonds is 4. The lowest BCUT2D eigenvalue weighted by Crippen LogP contribution is -2.26. The van der Waals surface area contributed by atoms with Crippen molar-refractivity contribution in [2.24, 2.45) is 0 Å². The Hall–Kier alpha value is -0.960. The van der Waals surface area contributed by atoms with E-state index < -0.39 is 16.1 Å². The van der Waals surface area contributed by atoms with Gasteiger partial charge in [0.1, 0.15) is 16.4 Å². The Morgan fingerprint density at radius 2 is 2.29 bits per heavy atom. The van der Waals surface area contributed by atoms with Crippen LogP contribution in [0.25, 0.3) is 0 Å². The molecule has 0 radical (unpaired) electrons. The van der Waals surface area contributed by atoms with Gasteiger partial charge in [-0.2, -0.15) is 5.10 Å². The van der Waals surface area contributed by atoms with Crippen LogP contribution < -0.4 is 4.72 Å². The summed E-state index contributed by atoms with van der Waals surface area (Å²) in [5.41, 5.74) is 0. The van der Waals surface area contributed by atoms with E-state index in [-0.39, 0.29) is 4.21 Å². The van der Waals surface area contributed by atoms with E-state index in [9.17, 15) is 8.42 Å². The molecule has 2 aromatic rings. The number of hydrogen-bond donors (Lipinski definition) is 2. The summed E-state index contributed by atoms with van der Waals surface area (Å²) in [4.78, 5) is 3.88. The zero-order chi connectivity index (χ0) is 12.5. The maximum absolute atomic E-state index is 11.9. The molecular weight excluding hydrogens is 284 g/mol. The number of nitrogens with one attached hydrogen (secondary N) is 2. The van der Waals surface area contributed by atoms with Crippen LogP contribution in [0.3, 0.4) is 0 Å². The third-order valence-corrected chi connectivity index (χ3v) is 5.25. The van der Waals surface area contributed by atoms with Crippen molar-refractivity contribution < 1.29 is 8.42 Å². The summed E-state index contributed by atoms with van der Waals surface area (Å²) < 4.78 is 26.9. The lowest BCUT2D eigenvalue weighted by molar-refractivity contribution is 0.562. The molecule has 0 spiro atoms. The molecule has 0 fully saturated rings. The van der Waals surface area contributed by atoms with Crippen LogP contribution in [0.15, 0.2) is 22.7 Å². The average Bonchev–Trinajstić information content (AvgIpc) is 2.86. The molecule has 6 nitrogen and oxygen atoms in total. The van der Waals surface area contributed by atoms with Gasteiger partial charge in [0.05, 0.1) is 10.4 Å². The van der Waals surface area contributed by atoms with Crippen molar-refractivity contribution in [1.82, 2.24) is 19.9 Å². The molecule has 17 heavy (non-hydrogen) atoms. The van der Waals surface area contributed by atoms with Gasteiger partial charge in [0, 0.05) is 0 Å². The average molecular weight is 293 g/mol. The molecule has 2 aromatic heterocycles. The first-order valence-electron chi connectivity index (χ1n) is 4.62. The SMILES string of the molecule is CC(NS(=O)(=O)c1ccc(Cl)s1)c1ncn[nH]1. The van der Waals surface area contributed by atoms with Gasteiger partial charge < -0.3 is 0 Å². The normalized spacial score (nSPS) is 13.8. The fraction of sp³-hybridized carbons (Fsp3) is 0.250. The minimum Gasteiger partial charge on any atom is -0.262 e. The second-order valence-electron chi connectivity index (χ2n) is 3.27. The first-order chi connectivity index (χ1) is 7.99. The van der Waals surface area contributed by atoms with Crippen LogP contribution in [0.2, 0.25) is 4.34 Å². The van der Waals surface area contributed by atoms with E-state index in [0.717, 1.165) is 11.3 Å². The van der Waals surface area contributed by atoms with Gasteiger partial charge in [-0.05, 0) is 19.1 Å². The van der Waals surface area contributed by atoms with E-state index in [1.165, 1.54) is 12.4 Å². The Morgan fingerprint density at radius 3 is 2.82 bits per heavy atom. The van der Waals surface area contributed by atoms with Gasteiger partial charge >= 0.3 is 0 Å². The van der Waals surface area contributed by atoms with Crippen LogP contribution in [-0.4, -0.2) is 23.6 Å². The number of thiophene rings is 1. The molecule has 2 rings (SSSR count). The van der Waals surface area contributed by atoms with Gasteiger partial charge in [-0.1, -0.05) is 11.6 Å². The molecule has 1 unspecified atom stereocenters. The predicted octanol–water partition coefficient (Wildman–Crippen LogP) is 1.56. The predicted molar refractivity (Wildman–Crippen MR) is 64.4 cm³/mol. The lowest BCUT2D eigenvalue weighted by atomic mass is 10.3. The summed E-state index contributed by atoms with van der Waals surface area (Å²) in [5.74, 6) is 0.455. The molecule has 0 bridgehead atoms. The molecule has 0 amide bonds. The molecule has 0 aromatic carbocycles. The number of H-pyrrole nitrogens is 1. The lowest BCUT2D eigenvalue weighted by Gasteiger charge is -2.09. The van der Waals surface area contributed by atoms with E-state index in [2.05, 4.69) is 19.9 Å². The van der Waals surface area contributed by atoms with Gasteiger partial charge in [0.15, 0.2) is 0 Å². The molecule has 2 heterocycles. The van der Waals surface area contributed by atoms with Gasteiger partial charge in [0.25, 0.3) is 10.0 Å². The molecule has 92 valence electrons. The molecule has 0 aliphatic rings. The highest BCUT2D eigenvalue weighted by molar-refractivity contribution is 7.91. The van der Waals surface area contributed by atoms with Gasteiger partial charge in [-0.3, -0.25) is 5.10 Å². The summed E-state index contributed by atoms with van der Waals surface area (Å²) in [7, 11) is -3.57. The molecule has 0 aliphatic heterocycles. The highest BCUT2D eigenvalue weighted by Crippen LogP contribution is 2.26. The standard InChI is InChI=1S/C8H9ClN4O2S2/c1-5(8-10-4-11-12-8)13-17(14,15)7-3-2-6(9)16-7/h2-5,13H,1H3,(H,10,11,12). The number of aromatic amines is 1. The first-order valence-corrected chi connectivity index (χ1v) is 7.30. The molecule has 9 heteroatoms. The Bertz CT molecular complexity index is 593. The minimum atomic E-state index is -3.57. The largest absolute Gasteiger partial charge is 0.262 e. The molecule has 2 N–H and O–H groups in total. The molecular formula is C8H9ClN4O2S2. The van der Waals surface area contributed by atoms with Crippen LogP contribution in [-0.2, 0) is 10.0 Å². The highest BCUT2D eigenvalue weighted by Gasteiger charge is 2.21. The second-order valence-corrected chi connectivity index (χ2v) is 6.93. The molecule has 0 saturated heterocycles. The maximum Gasteiger partial charge on any atom is 0.250 e. The summed E-state index contributed by atoms with van der Waals surface area (Å²) in [5, 5.41) is 6.27. The number of aromatic nitrogens is 3. The topological polar surface area (TPSA) is 87.7 Å². The Kier molecular flexibility index (Phi) is 3.48. The number of halogens is 1. The van der Waals surface area contributed by atoms with Crippen molar-refractivity contribution in [1.29, 1.82) is 0 Å². The maximum atomic E-state index is 11.9. The van der Waals surface area contributed by atoms with E-state index in [0.29, 0.717) is 10.2 Å².